The Morgan fingerprint density at radius 2 is 0.925 bits per heavy atom. The van der Waals surface area contributed by atoms with E-state index in [4.69, 9.17) is 4.42 Å². The molecule has 1 aromatic heterocycles. The predicted octanol–water partition coefficient (Wildman–Crippen LogP) is 14.3. The summed E-state index contributed by atoms with van der Waals surface area (Å²) < 4.78 is 6.36. The summed E-state index contributed by atoms with van der Waals surface area (Å²) in [6, 6.07) is 46.2. The molecule has 8 aromatic rings. The molecule has 0 fully saturated rings. The van der Waals surface area contributed by atoms with E-state index in [0.717, 1.165) is 49.9 Å². The first-order chi connectivity index (χ1) is 26.2. The molecule has 0 saturated heterocycles. The van der Waals surface area contributed by atoms with Gasteiger partial charge in [0.1, 0.15) is 11.3 Å². The summed E-state index contributed by atoms with van der Waals surface area (Å²) in [5, 5.41) is 6.25. The van der Waals surface area contributed by atoms with Crippen molar-refractivity contribution in [2.45, 2.75) is 38.5 Å². The van der Waals surface area contributed by atoms with E-state index in [1.54, 1.807) is 0 Å². The van der Waals surface area contributed by atoms with Crippen LogP contribution in [0.3, 0.4) is 0 Å². The van der Waals surface area contributed by atoms with Crippen LogP contribution in [-0.2, 0) is 19.3 Å². The highest BCUT2D eigenvalue weighted by Gasteiger charge is 2.21. The summed E-state index contributed by atoms with van der Waals surface area (Å²) in [5.41, 5.74) is 17.8. The SMILES string of the molecule is C1=Cc2cc(-c3cccc(-c4c5ccccc5c(-c5ccc6oc7c(c6c5)C=CCC7)c5ccc(-c6ccc7c(c6)C=CCC7)cc45)c3)ccc2CC1. The molecule has 1 nitrogen and oxygen atoms in total. The molecule has 0 saturated carbocycles. The Bertz CT molecular complexity index is 2890. The van der Waals surface area contributed by atoms with Gasteiger partial charge in [0.05, 0.1) is 0 Å². The summed E-state index contributed by atoms with van der Waals surface area (Å²) in [5.74, 6) is 1.10. The Morgan fingerprint density at radius 3 is 1.68 bits per heavy atom. The number of allylic oxidation sites excluding steroid dienone is 3. The highest BCUT2D eigenvalue weighted by atomic mass is 16.3. The average Bonchev–Trinajstić information content (AvgIpc) is 3.60. The molecule has 1 heterocycles. The maximum Gasteiger partial charge on any atom is 0.134 e. The highest BCUT2D eigenvalue weighted by molar-refractivity contribution is 6.22. The van der Waals surface area contributed by atoms with Crippen molar-refractivity contribution in [1.29, 1.82) is 0 Å². The van der Waals surface area contributed by atoms with Crippen LogP contribution in [0.5, 0.6) is 0 Å². The van der Waals surface area contributed by atoms with Gasteiger partial charge in [-0.05, 0) is 157 Å². The Balaban J connectivity index is 1.17. The Hall–Kier alpha value is -6.18. The fourth-order valence-electron chi connectivity index (χ4n) is 9.15. The summed E-state index contributed by atoms with van der Waals surface area (Å²) in [6.07, 6.45) is 20.2. The maximum absolute atomic E-state index is 6.36. The minimum Gasteiger partial charge on any atom is -0.460 e. The molecule has 7 aromatic carbocycles. The standard InChI is InChI=1S/C52H38O/c1-3-12-35-28-38(22-20-33(35)10-1)37-14-9-15-41(30-37)52-45-18-6-5-17-44(45)51(42-25-27-50-47(32-42)43-16-7-8-19-49(43)53-50)46-26-24-40(31-48(46)52)39-23-21-34-11-2-4-13-36(34)29-39/h3-7,9,12-18,20-32H,1-2,8,10-11,19H2. The monoisotopic (exact) mass is 678 g/mol. The van der Waals surface area contributed by atoms with Crippen molar-refractivity contribution in [3.63, 3.8) is 0 Å². The van der Waals surface area contributed by atoms with E-state index in [2.05, 4.69) is 158 Å². The molecule has 0 bridgehead atoms. The molecule has 53 heavy (non-hydrogen) atoms. The quantitative estimate of drug-likeness (QED) is 0.169. The number of hydrogen-bond donors (Lipinski definition) is 0. The lowest BCUT2D eigenvalue weighted by Crippen LogP contribution is -1.95. The lowest BCUT2D eigenvalue weighted by molar-refractivity contribution is 0.546. The molecule has 3 aliphatic carbocycles. The third-order valence-electron chi connectivity index (χ3n) is 11.8. The van der Waals surface area contributed by atoms with Crippen molar-refractivity contribution < 1.29 is 4.42 Å². The zero-order valence-corrected chi connectivity index (χ0v) is 29.7. The zero-order chi connectivity index (χ0) is 34.9. The van der Waals surface area contributed by atoms with E-state index in [1.807, 2.05) is 0 Å². The van der Waals surface area contributed by atoms with Gasteiger partial charge < -0.3 is 4.42 Å². The van der Waals surface area contributed by atoms with Gasteiger partial charge in [0.2, 0.25) is 0 Å². The van der Waals surface area contributed by atoms with Crippen molar-refractivity contribution in [2.75, 3.05) is 0 Å². The van der Waals surface area contributed by atoms with Crippen LogP contribution in [-0.4, -0.2) is 0 Å². The van der Waals surface area contributed by atoms with Gasteiger partial charge in [0, 0.05) is 17.4 Å². The third kappa shape index (κ3) is 5.06. The van der Waals surface area contributed by atoms with Crippen molar-refractivity contribution in [3.8, 4) is 44.5 Å². The molecule has 0 radical (unpaired) electrons. The minimum atomic E-state index is 0.957. The molecule has 252 valence electrons. The first-order valence-electron chi connectivity index (χ1n) is 19.2. The van der Waals surface area contributed by atoms with E-state index < -0.39 is 0 Å². The summed E-state index contributed by atoms with van der Waals surface area (Å²) in [6.45, 7) is 0. The zero-order valence-electron chi connectivity index (χ0n) is 29.7. The fourth-order valence-corrected chi connectivity index (χ4v) is 9.15. The predicted molar refractivity (Wildman–Crippen MR) is 225 cm³/mol. The van der Waals surface area contributed by atoms with E-state index >= 15 is 0 Å². The van der Waals surface area contributed by atoms with Gasteiger partial charge in [-0.3, -0.25) is 0 Å². The molecule has 0 aliphatic heterocycles. The van der Waals surface area contributed by atoms with Gasteiger partial charge in [-0.2, -0.15) is 0 Å². The molecule has 0 spiro atoms. The number of hydrogen-bond acceptors (Lipinski definition) is 1. The van der Waals surface area contributed by atoms with Crippen LogP contribution in [0.25, 0.3) is 95.2 Å². The lowest BCUT2D eigenvalue weighted by atomic mass is 9.83. The first-order valence-corrected chi connectivity index (χ1v) is 19.2. The third-order valence-corrected chi connectivity index (χ3v) is 11.8. The molecule has 0 unspecified atom stereocenters. The molecule has 0 amide bonds. The lowest BCUT2D eigenvalue weighted by Gasteiger charge is -2.20. The summed E-state index contributed by atoms with van der Waals surface area (Å²) >= 11 is 0. The van der Waals surface area contributed by atoms with Crippen molar-refractivity contribution in [1.82, 2.24) is 0 Å². The number of benzene rings is 7. The Morgan fingerprint density at radius 1 is 0.377 bits per heavy atom. The molecule has 1 heteroatoms. The molecule has 3 aliphatic rings. The van der Waals surface area contributed by atoms with Gasteiger partial charge in [-0.25, -0.2) is 0 Å². The van der Waals surface area contributed by atoms with E-state index in [0.29, 0.717) is 0 Å². The molecule has 11 rings (SSSR count). The van der Waals surface area contributed by atoms with Gasteiger partial charge in [-0.15, -0.1) is 0 Å². The van der Waals surface area contributed by atoms with E-state index in [9.17, 15) is 0 Å². The van der Waals surface area contributed by atoms with Crippen molar-refractivity contribution >= 4 is 50.7 Å². The molecular weight excluding hydrogens is 641 g/mol. The second kappa shape index (κ2) is 12.2. The van der Waals surface area contributed by atoms with Crippen LogP contribution in [0.2, 0.25) is 0 Å². The molecular formula is C52H38O. The smallest absolute Gasteiger partial charge is 0.134 e. The largest absolute Gasteiger partial charge is 0.460 e. The summed E-state index contributed by atoms with van der Waals surface area (Å²) in [7, 11) is 0. The van der Waals surface area contributed by atoms with Crippen LogP contribution in [0.15, 0.2) is 144 Å². The van der Waals surface area contributed by atoms with Crippen LogP contribution >= 0.6 is 0 Å². The molecule has 0 atom stereocenters. The normalized spacial score (nSPS) is 14.5. The average molecular weight is 679 g/mol. The number of aryl methyl sites for hydroxylation is 3. The Kier molecular flexibility index (Phi) is 7.01. The first kappa shape index (κ1) is 30.4. The van der Waals surface area contributed by atoms with Crippen LogP contribution in [0.4, 0.5) is 0 Å². The van der Waals surface area contributed by atoms with Gasteiger partial charge in [-0.1, -0.05) is 121 Å². The number of furan rings is 1. The van der Waals surface area contributed by atoms with Crippen LogP contribution in [0, 0.1) is 0 Å². The highest BCUT2D eigenvalue weighted by Crippen LogP contribution is 2.46. The topological polar surface area (TPSA) is 13.1 Å². The second-order valence-electron chi connectivity index (χ2n) is 14.9. The number of rotatable bonds is 4. The Labute approximate surface area is 310 Å². The van der Waals surface area contributed by atoms with Gasteiger partial charge in [0.25, 0.3) is 0 Å². The van der Waals surface area contributed by atoms with Crippen molar-refractivity contribution in [3.05, 3.63) is 173 Å². The number of fused-ring (bicyclic) bond motifs is 7. The minimum absolute atomic E-state index is 0.957. The van der Waals surface area contributed by atoms with Crippen molar-refractivity contribution in [2.24, 2.45) is 0 Å². The van der Waals surface area contributed by atoms with Crippen LogP contribution < -0.4 is 0 Å². The van der Waals surface area contributed by atoms with E-state index in [1.165, 1.54) is 99.3 Å². The van der Waals surface area contributed by atoms with Gasteiger partial charge in [0.15, 0.2) is 0 Å². The second-order valence-corrected chi connectivity index (χ2v) is 14.9. The van der Waals surface area contributed by atoms with E-state index in [-0.39, 0.29) is 0 Å². The van der Waals surface area contributed by atoms with Crippen LogP contribution in [0.1, 0.15) is 52.8 Å². The fraction of sp³-hybridized carbons (Fsp3) is 0.115. The maximum atomic E-state index is 6.36. The van der Waals surface area contributed by atoms with Gasteiger partial charge >= 0.3 is 0 Å². The summed E-state index contributed by atoms with van der Waals surface area (Å²) in [4.78, 5) is 0. The molecule has 0 N–H and O–H groups in total.